The quantitative estimate of drug-likeness (QED) is 0.772. The molecule has 0 aliphatic heterocycles. The molecule has 0 aliphatic carbocycles. The van der Waals surface area contributed by atoms with Crippen molar-refractivity contribution in [3.8, 4) is 5.75 Å². The van der Waals surface area contributed by atoms with Gasteiger partial charge in [0.05, 0.1) is 0 Å². The highest BCUT2D eigenvalue weighted by Crippen LogP contribution is 2.18. The predicted molar refractivity (Wildman–Crippen MR) is 76.6 cm³/mol. The van der Waals surface area contributed by atoms with Crippen LogP contribution in [0.15, 0.2) is 42.5 Å². The van der Waals surface area contributed by atoms with Crippen LogP contribution in [0.5, 0.6) is 5.75 Å². The number of carbonyl (C=O) groups excluding carboxylic acids is 1. The monoisotopic (exact) mass is 290 g/mol. The molecule has 2 rings (SSSR count). The highest BCUT2D eigenvalue weighted by Gasteiger charge is 2.17. The summed E-state index contributed by atoms with van der Waals surface area (Å²) in [6, 6.07) is 10.5. The third-order valence-corrected chi connectivity index (χ3v) is 3.22. The molecule has 0 radical (unpaired) electrons. The maximum absolute atomic E-state index is 13.1. The molecule has 2 aromatic carbocycles. The molecule has 0 aliphatic rings. The molecule has 0 aromatic heterocycles. The lowest BCUT2D eigenvalue weighted by Crippen LogP contribution is -2.24. The molecule has 4 heteroatoms. The number of ether oxygens (including phenoxy) is 1. The third-order valence-electron chi connectivity index (χ3n) is 3.22. The molecule has 0 heterocycles. The number of aryl methyl sites for hydroxylation is 1. The second-order valence-corrected chi connectivity index (χ2v) is 4.75. The zero-order valence-electron chi connectivity index (χ0n) is 11.9. The van der Waals surface area contributed by atoms with E-state index in [0.717, 1.165) is 24.1 Å². The fourth-order valence-corrected chi connectivity index (χ4v) is 1.95. The molecule has 0 bridgehead atoms. The summed E-state index contributed by atoms with van der Waals surface area (Å²) < 4.78 is 31.3. The highest BCUT2D eigenvalue weighted by molar-refractivity contribution is 5.99. The Morgan fingerprint density at radius 2 is 1.76 bits per heavy atom. The Kier molecular flexibility index (Phi) is 4.68. The van der Waals surface area contributed by atoms with Crippen molar-refractivity contribution in [1.29, 1.82) is 0 Å². The van der Waals surface area contributed by atoms with Gasteiger partial charge in [0.15, 0.2) is 17.7 Å². The second kappa shape index (κ2) is 6.48. The number of halogens is 2. The molecule has 0 saturated heterocycles. The molecule has 0 amide bonds. The number of benzene rings is 2. The molecule has 2 aromatic rings. The van der Waals surface area contributed by atoms with Crippen LogP contribution in [0, 0.1) is 11.6 Å². The van der Waals surface area contributed by atoms with Crippen LogP contribution in [0.1, 0.15) is 29.8 Å². The maximum Gasteiger partial charge on any atom is 0.202 e. The Morgan fingerprint density at radius 3 is 2.33 bits per heavy atom. The summed E-state index contributed by atoms with van der Waals surface area (Å²) in [6.07, 6.45) is 0.123. The minimum Gasteiger partial charge on any atom is -0.482 e. The van der Waals surface area contributed by atoms with E-state index in [-0.39, 0.29) is 11.5 Å². The predicted octanol–water partition coefficient (Wildman–Crippen LogP) is 4.18. The zero-order valence-corrected chi connectivity index (χ0v) is 11.9. The first-order chi connectivity index (χ1) is 10.0. The minimum absolute atomic E-state index is 0.125. The summed E-state index contributed by atoms with van der Waals surface area (Å²) in [5.41, 5.74) is 1.67. The van der Waals surface area contributed by atoms with Crippen LogP contribution in [0.25, 0.3) is 0 Å². The number of carbonyl (C=O) groups is 1. The van der Waals surface area contributed by atoms with Gasteiger partial charge in [0.25, 0.3) is 0 Å². The van der Waals surface area contributed by atoms with Crippen LogP contribution in [0.3, 0.4) is 0 Å². The van der Waals surface area contributed by atoms with Crippen molar-refractivity contribution in [2.45, 2.75) is 26.4 Å². The normalized spacial score (nSPS) is 12.0. The molecule has 110 valence electrons. The van der Waals surface area contributed by atoms with Gasteiger partial charge in [0.1, 0.15) is 5.75 Å². The van der Waals surface area contributed by atoms with Gasteiger partial charge in [-0.15, -0.1) is 0 Å². The van der Waals surface area contributed by atoms with Crippen LogP contribution < -0.4 is 4.74 Å². The van der Waals surface area contributed by atoms with E-state index in [2.05, 4.69) is 0 Å². The van der Waals surface area contributed by atoms with E-state index >= 15 is 0 Å². The van der Waals surface area contributed by atoms with Crippen molar-refractivity contribution in [2.75, 3.05) is 0 Å². The fraction of sp³-hybridized carbons (Fsp3) is 0.235. The SMILES string of the molecule is CCc1ccc(C(=O)C(C)Oc2ccc(F)c(F)c2)cc1. The average molecular weight is 290 g/mol. The van der Waals surface area contributed by atoms with E-state index in [9.17, 15) is 13.6 Å². The van der Waals surface area contributed by atoms with Gasteiger partial charge in [-0.2, -0.15) is 0 Å². The van der Waals surface area contributed by atoms with E-state index in [1.165, 1.54) is 6.07 Å². The summed E-state index contributed by atoms with van der Waals surface area (Å²) >= 11 is 0. The van der Waals surface area contributed by atoms with Crippen LogP contribution in [0.2, 0.25) is 0 Å². The molecule has 0 fully saturated rings. The first-order valence-electron chi connectivity index (χ1n) is 6.76. The molecule has 21 heavy (non-hydrogen) atoms. The van der Waals surface area contributed by atoms with Crippen LogP contribution in [0.4, 0.5) is 8.78 Å². The molecule has 1 atom stereocenters. The molecule has 0 spiro atoms. The number of ketones is 1. The lowest BCUT2D eigenvalue weighted by molar-refractivity contribution is 0.0817. The van der Waals surface area contributed by atoms with Crippen LogP contribution >= 0.6 is 0 Å². The Morgan fingerprint density at radius 1 is 1.10 bits per heavy atom. The smallest absolute Gasteiger partial charge is 0.202 e. The van der Waals surface area contributed by atoms with Crippen LogP contribution in [-0.4, -0.2) is 11.9 Å². The maximum atomic E-state index is 13.1. The van der Waals surface area contributed by atoms with Crippen molar-refractivity contribution < 1.29 is 18.3 Å². The molecule has 0 saturated carbocycles. The summed E-state index contributed by atoms with van der Waals surface area (Å²) in [6.45, 7) is 3.61. The number of hydrogen-bond donors (Lipinski definition) is 0. The number of hydrogen-bond acceptors (Lipinski definition) is 2. The third kappa shape index (κ3) is 3.66. The van der Waals surface area contributed by atoms with Crippen molar-refractivity contribution in [3.63, 3.8) is 0 Å². The van der Waals surface area contributed by atoms with Gasteiger partial charge in [0.2, 0.25) is 5.78 Å². The first kappa shape index (κ1) is 15.2. The Bertz CT molecular complexity index is 636. The fourth-order valence-electron chi connectivity index (χ4n) is 1.95. The minimum atomic E-state index is -1.00. The molecular formula is C17H16F2O2. The Labute approximate surface area is 122 Å². The Hall–Kier alpha value is -2.23. The van der Waals surface area contributed by atoms with Gasteiger partial charge in [-0.1, -0.05) is 31.2 Å². The largest absolute Gasteiger partial charge is 0.482 e. The van der Waals surface area contributed by atoms with Crippen molar-refractivity contribution in [3.05, 3.63) is 65.2 Å². The van der Waals surface area contributed by atoms with Crippen LogP contribution in [-0.2, 0) is 6.42 Å². The van der Waals surface area contributed by atoms with E-state index < -0.39 is 17.7 Å². The molecule has 0 N–H and O–H groups in total. The molecular weight excluding hydrogens is 274 g/mol. The van der Waals surface area contributed by atoms with E-state index in [1.54, 1.807) is 19.1 Å². The summed E-state index contributed by atoms with van der Waals surface area (Å²) in [5.74, 6) is -2.03. The zero-order chi connectivity index (χ0) is 15.4. The standard InChI is InChI=1S/C17H16F2O2/c1-3-12-4-6-13(7-5-12)17(20)11(2)21-14-8-9-15(18)16(19)10-14/h4-11H,3H2,1-2H3. The van der Waals surface area contributed by atoms with Gasteiger partial charge in [-0.3, -0.25) is 4.79 Å². The van der Waals surface area contributed by atoms with Gasteiger partial charge >= 0.3 is 0 Å². The average Bonchev–Trinajstić information content (AvgIpc) is 2.50. The lowest BCUT2D eigenvalue weighted by atomic mass is 10.0. The highest BCUT2D eigenvalue weighted by atomic mass is 19.2. The van der Waals surface area contributed by atoms with E-state index in [4.69, 9.17) is 4.74 Å². The van der Waals surface area contributed by atoms with Gasteiger partial charge in [0, 0.05) is 11.6 Å². The van der Waals surface area contributed by atoms with Crippen molar-refractivity contribution in [2.24, 2.45) is 0 Å². The molecule has 1 unspecified atom stereocenters. The van der Waals surface area contributed by atoms with Gasteiger partial charge in [-0.05, 0) is 31.0 Å². The number of Topliss-reactive ketones (excluding diaryl/α,β-unsaturated/α-hetero) is 1. The lowest BCUT2D eigenvalue weighted by Gasteiger charge is -2.14. The van der Waals surface area contributed by atoms with E-state index in [1.807, 2.05) is 19.1 Å². The van der Waals surface area contributed by atoms with Crippen molar-refractivity contribution in [1.82, 2.24) is 0 Å². The molecule has 2 nitrogen and oxygen atoms in total. The summed E-state index contributed by atoms with van der Waals surface area (Å²) in [5, 5.41) is 0. The summed E-state index contributed by atoms with van der Waals surface area (Å²) in [7, 11) is 0. The van der Waals surface area contributed by atoms with Crippen molar-refractivity contribution >= 4 is 5.78 Å². The van der Waals surface area contributed by atoms with Gasteiger partial charge < -0.3 is 4.74 Å². The first-order valence-corrected chi connectivity index (χ1v) is 6.76. The number of rotatable bonds is 5. The Balaban J connectivity index is 2.09. The summed E-state index contributed by atoms with van der Waals surface area (Å²) in [4.78, 5) is 12.2. The topological polar surface area (TPSA) is 26.3 Å². The van der Waals surface area contributed by atoms with E-state index in [0.29, 0.717) is 5.56 Å². The second-order valence-electron chi connectivity index (χ2n) is 4.75. The van der Waals surface area contributed by atoms with Gasteiger partial charge in [-0.25, -0.2) is 8.78 Å².